The lowest BCUT2D eigenvalue weighted by molar-refractivity contribution is -0.274. The number of nitrogens with zero attached hydrogens (tertiary/aromatic N) is 4. The fourth-order valence-corrected chi connectivity index (χ4v) is 4.85. The Kier molecular flexibility index (Phi) is 5.86. The van der Waals surface area contributed by atoms with Crippen molar-refractivity contribution in [2.24, 2.45) is 0 Å². The number of benzene rings is 1. The Morgan fingerprint density at radius 2 is 1.88 bits per heavy atom. The van der Waals surface area contributed by atoms with Crippen LogP contribution >= 0.6 is 0 Å². The Balaban J connectivity index is 1.62. The van der Waals surface area contributed by atoms with Crippen molar-refractivity contribution in [2.45, 2.75) is 39.0 Å². The number of carboxylic acid groups (broad SMARTS) is 1. The normalized spacial score (nSPS) is 13.7. The molecule has 0 amide bonds. The molecule has 1 aliphatic carbocycles. The average molecular weight is 552 g/mol. The highest BCUT2D eigenvalue weighted by Crippen LogP contribution is 2.42. The summed E-state index contributed by atoms with van der Waals surface area (Å²) in [4.78, 5) is 20.6. The smallest absolute Gasteiger partial charge is 0.478 e. The monoisotopic (exact) mass is 552 g/mol. The zero-order valence-electron chi connectivity index (χ0n) is 21.1. The predicted octanol–water partition coefficient (Wildman–Crippen LogP) is 6.97. The number of ether oxygens (including phenoxy) is 1. The molecule has 1 N–H and O–H groups in total. The van der Waals surface area contributed by atoms with Crippen molar-refractivity contribution < 1.29 is 36.7 Å². The van der Waals surface area contributed by atoms with Crippen molar-refractivity contribution in [3.63, 3.8) is 0 Å². The number of fused-ring (bicyclic) bond motifs is 1. The first-order chi connectivity index (χ1) is 19.0. The van der Waals surface area contributed by atoms with Crippen LogP contribution in [0.4, 0.5) is 17.6 Å². The maximum Gasteiger partial charge on any atom is 0.573 e. The lowest BCUT2D eigenvalue weighted by atomic mass is 9.99. The van der Waals surface area contributed by atoms with Gasteiger partial charge in [-0.1, -0.05) is 5.16 Å². The highest BCUT2D eigenvalue weighted by molar-refractivity contribution is 6.00. The van der Waals surface area contributed by atoms with Gasteiger partial charge in [0.25, 0.3) is 0 Å². The molecule has 1 saturated carbocycles. The fourth-order valence-electron chi connectivity index (χ4n) is 4.85. The summed E-state index contributed by atoms with van der Waals surface area (Å²) in [7, 11) is 0. The summed E-state index contributed by atoms with van der Waals surface area (Å²) in [6.07, 6.45) is 1.69. The fraction of sp³-hybridized carbons (Fsp3) is 0.214. The zero-order chi connectivity index (χ0) is 28.3. The lowest BCUT2D eigenvalue weighted by Gasteiger charge is -2.14. The summed E-state index contributed by atoms with van der Waals surface area (Å²) in [5, 5.41) is 13.6. The van der Waals surface area contributed by atoms with E-state index in [9.17, 15) is 27.5 Å². The van der Waals surface area contributed by atoms with Crippen LogP contribution in [-0.2, 0) is 0 Å². The third-order valence-electron chi connectivity index (χ3n) is 6.83. The van der Waals surface area contributed by atoms with Gasteiger partial charge in [-0.25, -0.2) is 14.2 Å². The number of aromatic nitrogens is 4. The van der Waals surface area contributed by atoms with E-state index in [1.807, 2.05) is 12.1 Å². The molecule has 4 aromatic heterocycles. The van der Waals surface area contributed by atoms with Gasteiger partial charge in [0.15, 0.2) is 0 Å². The van der Waals surface area contributed by atoms with Crippen LogP contribution in [0, 0.1) is 19.7 Å². The van der Waals surface area contributed by atoms with E-state index in [0.29, 0.717) is 51.3 Å². The molecule has 6 rings (SSSR count). The Morgan fingerprint density at radius 1 is 1.10 bits per heavy atom. The molecule has 1 aliphatic rings. The minimum atomic E-state index is -5.16. The Labute approximate surface area is 223 Å². The summed E-state index contributed by atoms with van der Waals surface area (Å²) in [5.74, 6) is -2.89. The first kappa shape index (κ1) is 25.5. The minimum Gasteiger partial charge on any atom is -0.478 e. The summed E-state index contributed by atoms with van der Waals surface area (Å²) in [5.41, 5.74) is 2.57. The van der Waals surface area contributed by atoms with E-state index < -0.39 is 29.5 Å². The van der Waals surface area contributed by atoms with E-state index in [4.69, 9.17) is 4.52 Å². The Bertz CT molecular complexity index is 1770. The molecule has 8 nitrogen and oxygen atoms in total. The van der Waals surface area contributed by atoms with Gasteiger partial charge in [0.2, 0.25) is 0 Å². The third-order valence-corrected chi connectivity index (χ3v) is 6.83. The molecule has 0 radical (unpaired) electrons. The highest BCUT2D eigenvalue weighted by atomic mass is 19.4. The van der Waals surface area contributed by atoms with Crippen molar-refractivity contribution >= 4 is 17.0 Å². The second kappa shape index (κ2) is 9.18. The molecule has 0 aliphatic heterocycles. The van der Waals surface area contributed by atoms with Crippen LogP contribution in [0.2, 0.25) is 0 Å². The number of rotatable bonds is 6. The number of halogens is 4. The van der Waals surface area contributed by atoms with Gasteiger partial charge in [0.05, 0.1) is 23.1 Å². The molecular weight excluding hydrogens is 532 g/mol. The zero-order valence-corrected chi connectivity index (χ0v) is 21.1. The van der Waals surface area contributed by atoms with Gasteiger partial charge in [0.1, 0.15) is 23.0 Å². The van der Waals surface area contributed by atoms with Gasteiger partial charge >= 0.3 is 12.3 Å². The maximum atomic E-state index is 14.9. The van der Waals surface area contributed by atoms with Crippen LogP contribution in [0.15, 0.2) is 53.4 Å². The van der Waals surface area contributed by atoms with Crippen molar-refractivity contribution in [3.8, 4) is 33.7 Å². The average Bonchev–Trinajstić information content (AvgIpc) is 3.60. The SMILES string of the molecule is Cc1noc(C)c1-c1cnc2c(c1)c(-c1cc(F)c(C(=O)O)cc1OC(F)(F)F)cn2-c1ccc(C2CC2)nc1. The summed E-state index contributed by atoms with van der Waals surface area (Å²) in [6.45, 7) is 3.46. The van der Waals surface area contributed by atoms with Crippen LogP contribution in [0.3, 0.4) is 0 Å². The van der Waals surface area contributed by atoms with Crippen LogP contribution in [0.5, 0.6) is 5.75 Å². The van der Waals surface area contributed by atoms with Gasteiger partial charge < -0.3 is 14.4 Å². The van der Waals surface area contributed by atoms with Gasteiger partial charge in [0, 0.05) is 51.6 Å². The number of alkyl halides is 3. The van der Waals surface area contributed by atoms with Gasteiger partial charge in [-0.15, -0.1) is 13.2 Å². The standard InChI is InChI=1S/C28H20F4N4O4/c1-13-25(14(2)40-35-13)16-7-19-21(18-8-22(29)20(27(37)38)9-24(18)39-28(30,31)32)12-36(26(19)34-10-16)17-5-6-23(33-11-17)15-3-4-15/h5-12,15H,3-4H2,1-2H3,(H,37,38). The molecular formula is C28H20F4N4O4. The highest BCUT2D eigenvalue weighted by Gasteiger charge is 2.34. The molecule has 4 heterocycles. The van der Waals surface area contributed by atoms with Crippen molar-refractivity contribution in [1.29, 1.82) is 0 Å². The van der Waals surface area contributed by atoms with E-state index in [0.717, 1.165) is 24.6 Å². The van der Waals surface area contributed by atoms with Crippen LogP contribution in [0.1, 0.15) is 46.3 Å². The molecule has 0 bridgehead atoms. The van der Waals surface area contributed by atoms with E-state index in [2.05, 4.69) is 19.9 Å². The lowest BCUT2D eigenvalue weighted by Crippen LogP contribution is -2.18. The number of carbonyl (C=O) groups is 1. The van der Waals surface area contributed by atoms with Crippen molar-refractivity contribution in [3.05, 3.63) is 77.5 Å². The second-order valence-electron chi connectivity index (χ2n) is 9.60. The minimum absolute atomic E-state index is 0.137. The van der Waals surface area contributed by atoms with Crippen molar-refractivity contribution in [1.82, 2.24) is 19.7 Å². The van der Waals surface area contributed by atoms with E-state index >= 15 is 0 Å². The number of aromatic carboxylic acids is 1. The first-order valence-corrected chi connectivity index (χ1v) is 12.2. The number of aryl methyl sites for hydroxylation is 2. The van der Waals surface area contributed by atoms with E-state index in [1.54, 1.807) is 36.9 Å². The molecule has 40 heavy (non-hydrogen) atoms. The molecule has 12 heteroatoms. The van der Waals surface area contributed by atoms with Crippen LogP contribution in [-0.4, -0.2) is 37.1 Å². The largest absolute Gasteiger partial charge is 0.573 e. The van der Waals surface area contributed by atoms with E-state index in [1.165, 1.54) is 6.20 Å². The molecule has 5 aromatic rings. The molecule has 0 saturated heterocycles. The second-order valence-corrected chi connectivity index (χ2v) is 9.60. The van der Waals surface area contributed by atoms with Gasteiger partial charge in [-0.2, -0.15) is 0 Å². The summed E-state index contributed by atoms with van der Waals surface area (Å²) >= 11 is 0. The Morgan fingerprint density at radius 3 is 2.48 bits per heavy atom. The molecule has 0 spiro atoms. The summed E-state index contributed by atoms with van der Waals surface area (Å²) in [6, 6.07) is 6.65. The van der Waals surface area contributed by atoms with Gasteiger partial charge in [-0.3, -0.25) is 9.55 Å². The van der Waals surface area contributed by atoms with Crippen LogP contribution < -0.4 is 4.74 Å². The van der Waals surface area contributed by atoms with Crippen molar-refractivity contribution in [2.75, 3.05) is 0 Å². The topological polar surface area (TPSA) is 103 Å². The molecule has 1 aromatic carbocycles. The van der Waals surface area contributed by atoms with Crippen LogP contribution in [0.25, 0.3) is 39.0 Å². The molecule has 0 unspecified atom stereocenters. The molecule has 204 valence electrons. The number of carboxylic acids is 1. The maximum absolute atomic E-state index is 14.9. The predicted molar refractivity (Wildman–Crippen MR) is 135 cm³/mol. The third kappa shape index (κ3) is 4.55. The Hall–Kier alpha value is -4.74. The van der Waals surface area contributed by atoms with Gasteiger partial charge in [-0.05, 0) is 57.0 Å². The quantitative estimate of drug-likeness (QED) is 0.227. The molecule has 1 fully saturated rings. The number of hydrogen-bond acceptors (Lipinski definition) is 6. The number of hydrogen-bond donors (Lipinski definition) is 1. The first-order valence-electron chi connectivity index (χ1n) is 12.2. The number of pyridine rings is 2. The molecule has 0 atom stereocenters. The van der Waals surface area contributed by atoms with E-state index in [-0.39, 0.29) is 11.1 Å². The summed E-state index contributed by atoms with van der Waals surface area (Å²) < 4.78 is 66.2.